The summed E-state index contributed by atoms with van der Waals surface area (Å²) >= 11 is 0. The zero-order chi connectivity index (χ0) is 14.1. The van der Waals surface area contributed by atoms with Gasteiger partial charge < -0.3 is 14.6 Å². The highest BCUT2D eigenvalue weighted by atomic mass is 16.5. The Bertz CT molecular complexity index is 420. The molecule has 0 aliphatic carbocycles. The van der Waals surface area contributed by atoms with Gasteiger partial charge in [-0.2, -0.15) is 0 Å². The Morgan fingerprint density at radius 3 is 2.53 bits per heavy atom. The SMILES string of the molecule is C#CCCCC(O)c1ccc(OCC)c(OCC)c1. The summed E-state index contributed by atoms with van der Waals surface area (Å²) in [6, 6.07) is 5.55. The predicted molar refractivity (Wildman–Crippen MR) is 76.4 cm³/mol. The van der Waals surface area contributed by atoms with Crippen LogP contribution in [0, 0.1) is 12.3 Å². The molecule has 104 valence electrons. The van der Waals surface area contributed by atoms with Gasteiger partial charge in [0.15, 0.2) is 11.5 Å². The first kappa shape index (κ1) is 15.4. The van der Waals surface area contributed by atoms with Gasteiger partial charge in [0, 0.05) is 6.42 Å². The van der Waals surface area contributed by atoms with Crippen LogP contribution in [0.25, 0.3) is 0 Å². The molecule has 0 amide bonds. The number of aliphatic hydroxyl groups excluding tert-OH is 1. The highest BCUT2D eigenvalue weighted by Crippen LogP contribution is 2.32. The molecule has 0 radical (unpaired) electrons. The molecule has 0 saturated carbocycles. The van der Waals surface area contributed by atoms with Crippen molar-refractivity contribution in [3.8, 4) is 23.8 Å². The maximum atomic E-state index is 10.1. The van der Waals surface area contributed by atoms with Crippen LogP contribution in [0.3, 0.4) is 0 Å². The third-order valence-electron chi connectivity index (χ3n) is 2.75. The molecule has 0 aliphatic rings. The molecule has 0 fully saturated rings. The van der Waals surface area contributed by atoms with Crippen molar-refractivity contribution in [3.05, 3.63) is 23.8 Å². The molecule has 0 saturated heterocycles. The van der Waals surface area contributed by atoms with Gasteiger partial charge in [0.2, 0.25) is 0 Å². The van der Waals surface area contributed by atoms with Crippen LogP contribution >= 0.6 is 0 Å². The van der Waals surface area contributed by atoms with Gasteiger partial charge in [-0.25, -0.2) is 0 Å². The zero-order valence-corrected chi connectivity index (χ0v) is 11.7. The summed E-state index contributed by atoms with van der Waals surface area (Å²) in [5, 5.41) is 10.1. The van der Waals surface area contributed by atoms with Crippen LogP contribution in [0.1, 0.15) is 44.8 Å². The third kappa shape index (κ3) is 4.84. The van der Waals surface area contributed by atoms with E-state index in [4.69, 9.17) is 15.9 Å². The number of unbranched alkanes of at least 4 members (excludes halogenated alkanes) is 1. The van der Waals surface area contributed by atoms with E-state index in [1.54, 1.807) is 0 Å². The van der Waals surface area contributed by atoms with E-state index in [0.717, 1.165) is 12.0 Å². The van der Waals surface area contributed by atoms with E-state index < -0.39 is 6.10 Å². The van der Waals surface area contributed by atoms with Crippen molar-refractivity contribution in [2.24, 2.45) is 0 Å². The van der Waals surface area contributed by atoms with Gasteiger partial charge in [0.25, 0.3) is 0 Å². The van der Waals surface area contributed by atoms with E-state index in [2.05, 4.69) is 5.92 Å². The van der Waals surface area contributed by atoms with Crippen LogP contribution in [-0.2, 0) is 0 Å². The molecule has 1 N–H and O–H groups in total. The number of hydrogen-bond donors (Lipinski definition) is 1. The Kier molecular flexibility index (Phi) is 6.84. The van der Waals surface area contributed by atoms with Crippen LogP contribution in [0.5, 0.6) is 11.5 Å². The lowest BCUT2D eigenvalue weighted by molar-refractivity contribution is 0.164. The molecule has 1 rings (SSSR count). The lowest BCUT2D eigenvalue weighted by Gasteiger charge is -2.15. The Balaban J connectivity index is 2.79. The maximum Gasteiger partial charge on any atom is 0.161 e. The zero-order valence-electron chi connectivity index (χ0n) is 11.7. The molecule has 1 unspecified atom stereocenters. The van der Waals surface area contributed by atoms with Crippen LogP contribution < -0.4 is 9.47 Å². The molecule has 1 aromatic rings. The standard InChI is InChI=1S/C16H22O3/c1-4-7-8-9-14(17)13-10-11-15(18-5-2)16(12-13)19-6-3/h1,10-12,14,17H,5-9H2,2-3H3. The second-order valence-electron chi connectivity index (χ2n) is 4.18. The summed E-state index contributed by atoms with van der Waals surface area (Å²) in [6.45, 7) is 5.00. The van der Waals surface area contributed by atoms with Gasteiger partial charge in [-0.3, -0.25) is 0 Å². The van der Waals surface area contributed by atoms with E-state index in [0.29, 0.717) is 37.6 Å². The quantitative estimate of drug-likeness (QED) is 0.577. The highest BCUT2D eigenvalue weighted by Gasteiger charge is 2.12. The van der Waals surface area contributed by atoms with E-state index in [9.17, 15) is 5.11 Å². The number of rotatable bonds is 8. The van der Waals surface area contributed by atoms with Crippen molar-refractivity contribution in [1.29, 1.82) is 0 Å². The maximum absolute atomic E-state index is 10.1. The molecule has 3 nitrogen and oxygen atoms in total. The first-order valence-corrected chi connectivity index (χ1v) is 6.74. The smallest absolute Gasteiger partial charge is 0.161 e. The molecule has 19 heavy (non-hydrogen) atoms. The molecule has 0 bridgehead atoms. The van der Waals surface area contributed by atoms with Crippen molar-refractivity contribution in [1.82, 2.24) is 0 Å². The summed E-state index contributed by atoms with van der Waals surface area (Å²) in [5.74, 6) is 3.97. The van der Waals surface area contributed by atoms with Gasteiger partial charge in [0.05, 0.1) is 19.3 Å². The van der Waals surface area contributed by atoms with Crippen LogP contribution in [0.4, 0.5) is 0 Å². The lowest BCUT2D eigenvalue weighted by Crippen LogP contribution is -2.02. The first-order valence-electron chi connectivity index (χ1n) is 6.74. The molecular formula is C16H22O3. The average molecular weight is 262 g/mol. The fraction of sp³-hybridized carbons (Fsp3) is 0.500. The fourth-order valence-electron chi connectivity index (χ4n) is 1.84. The summed E-state index contributed by atoms with van der Waals surface area (Å²) in [7, 11) is 0. The molecular weight excluding hydrogens is 240 g/mol. The molecule has 0 aromatic heterocycles. The minimum atomic E-state index is -0.511. The molecule has 1 aromatic carbocycles. The molecule has 3 heteroatoms. The van der Waals surface area contributed by atoms with Crippen molar-refractivity contribution in [2.45, 2.75) is 39.2 Å². The summed E-state index contributed by atoms with van der Waals surface area (Å²) in [6.07, 6.45) is 6.85. The van der Waals surface area contributed by atoms with Gasteiger partial charge in [-0.15, -0.1) is 12.3 Å². The minimum Gasteiger partial charge on any atom is -0.490 e. The minimum absolute atomic E-state index is 0.511. The second kappa shape index (κ2) is 8.44. The number of ether oxygens (including phenoxy) is 2. The van der Waals surface area contributed by atoms with E-state index >= 15 is 0 Å². The number of benzene rings is 1. The first-order chi connectivity index (χ1) is 9.22. The predicted octanol–water partition coefficient (Wildman–Crippen LogP) is 3.32. The Labute approximate surface area is 115 Å². The number of terminal acetylenes is 1. The van der Waals surface area contributed by atoms with Crippen molar-refractivity contribution < 1.29 is 14.6 Å². The van der Waals surface area contributed by atoms with Crippen LogP contribution in [0.15, 0.2) is 18.2 Å². The summed E-state index contributed by atoms with van der Waals surface area (Å²) in [4.78, 5) is 0. The summed E-state index contributed by atoms with van der Waals surface area (Å²) in [5.41, 5.74) is 0.837. The molecule has 1 atom stereocenters. The lowest BCUT2D eigenvalue weighted by atomic mass is 10.0. The normalized spacial score (nSPS) is 11.7. The third-order valence-corrected chi connectivity index (χ3v) is 2.75. The fourth-order valence-corrected chi connectivity index (χ4v) is 1.84. The van der Waals surface area contributed by atoms with E-state index in [1.807, 2.05) is 32.0 Å². The molecule has 0 spiro atoms. The number of aliphatic hydroxyl groups is 1. The monoisotopic (exact) mass is 262 g/mol. The van der Waals surface area contributed by atoms with E-state index in [-0.39, 0.29) is 0 Å². The second-order valence-corrected chi connectivity index (χ2v) is 4.18. The van der Waals surface area contributed by atoms with Crippen molar-refractivity contribution in [2.75, 3.05) is 13.2 Å². The van der Waals surface area contributed by atoms with Crippen molar-refractivity contribution >= 4 is 0 Å². The Hall–Kier alpha value is -1.66. The summed E-state index contributed by atoms with van der Waals surface area (Å²) < 4.78 is 11.0. The Morgan fingerprint density at radius 2 is 1.89 bits per heavy atom. The average Bonchev–Trinajstić information content (AvgIpc) is 2.41. The largest absolute Gasteiger partial charge is 0.490 e. The molecule has 0 heterocycles. The van der Waals surface area contributed by atoms with Gasteiger partial charge in [-0.05, 0) is 44.4 Å². The van der Waals surface area contributed by atoms with Crippen molar-refractivity contribution in [3.63, 3.8) is 0 Å². The Morgan fingerprint density at radius 1 is 1.21 bits per heavy atom. The van der Waals surface area contributed by atoms with Gasteiger partial charge in [0.1, 0.15) is 0 Å². The van der Waals surface area contributed by atoms with E-state index in [1.165, 1.54) is 0 Å². The van der Waals surface area contributed by atoms with Gasteiger partial charge in [-0.1, -0.05) is 6.07 Å². The number of hydrogen-bond acceptors (Lipinski definition) is 3. The van der Waals surface area contributed by atoms with Crippen LogP contribution in [-0.4, -0.2) is 18.3 Å². The topological polar surface area (TPSA) is 38.7 Å². The van der Waals surface area contributed by atoms with Crippen LogP contribution in [0.2, 0.25) is 0 Å². The molecule has 0 aliphatic heterocycles. The van der Waals surface area contributed by atoms with Gasteiger partial charge >= 0.3 is 0 Å². The highest BCUT2D eigenvalue weighted by molar-refractivity contribution is 5.43.